The van der Waals surface area contributed by atoms with Crippen molar-refractivity contribution in [1.82, 2.24) is 9.88 Å². The molecule has 3 aromatic rings. The summed E-state index contributed by atoms with van der Waals surface area (Å²) in [4.78, 5) is 24.6. The Morgan fingerprint density at radius 2 is 1.68 bits per heavy atom. The maximum atomic E-state index is 13.5. The Labute approximate surface area is 190 Å². The van der Waals surface area contributed by atoms with E-state index in [1.807, 2.05) is 29.2 Å². The third kappa shape index (κ3) is 5.63. The molecule has 0 atom stereocenters. The first kappa shape index (κ1) is 23.2. The SMILES string of the molecule is CCc1ccc2nc(N(CCCN(C)C)C(=O)c3ccc(N(CC)CC)cc3)sc2c1. The van der Waals surface area contributed by atoms with E-state index in [1.54, 1.807) is 11.3 Å². The van der Waals surface area contributed by atoms with Gasteiger partial charge in [-0.05, 0) is 89.3 Å². The summed E-state index contributed by atoms with van der Waals surface area (Å²) in [6.07, 6.45) is 1.89. The lowest BCUT2D eigenvalue weighted by molar-refractivity contribution is 0.0986. The normalized spacial score (nSPS) is 11.3. The third-order valence-electron chi connectivity index (χ3n) is 5.56. The van der Waals surface area contributed by atoms with Crippen LogP contribution in [0, 0.1) is 0 Å². The first-order valence-corrected chi connectivity index (χ1v) is 12.0. The molecule has 5 nitrogen and oxygen atoms in total. The van der Waals surface area contributed by atoms with Crippen LogP contribution in [0.15, 0.2) is 42.5 Å². The van der Waals surface area contributed by atoms with Gasteiger partial charge in [0, 0.05) is 30.9 Å². The zero-order chi connectivity index (χ0) is 22.4. The van der Waals surface area contributed by atoms with Crippen molar-refractivity contribution in [2.24, 2.45) is 0 Å². The van der Waals surface area contributed by atoms with E-state index in [0.29, 0.717) is 12.1 Å². The number of fused-ring (bicyclic) bond motifs is 1. The largest absolute Gasteiger partial charge is 0.372 e. The fourth-order valence-electron chi connectivity index (χ4n) is 3.68. The van der Waals surface area contributed by atoms with Gasteiger partial charge in [0.2, 0.25) is 0 Å². The Morgan fingerprint density at radius 3 is 2.29 bits per heavy atom. The number of aromatic nitrogens is 1. The number of carbonyl (C=O) groups is 1. The summed E-state index contributed by atoms with van der Waals surface area (Å²) < 4.78 is 1.14. The van der Waals surface area contributed by atoms with Gasteiger partial charge in [-0.2, -0.15) is 0 Å². The van der Waals surface area contributed by atoms with Crippen LogP contribution in [0.3, 0.4) is 0 Å². The molecular formula is C25H34N4OS. The molecule has 1 amide bonds. The van der Waals surface area contributed by atoms with Gasteiger partial charge in [0.25, 0.3) is 5.91 Å². The van der Waals surface area contributed by atoms with Crippen molar-refractivity contribution in [3.8, 4) is 0 Å². The highest BCUT2D eigenvalue weighted by molar-refractivity contribution is 7.22. The molecule has 166 valence electrons. The number of rotatable bonds is 10. The Kier molecular flexibility index (Phi) is 8.04. The Bertz CT molecular complexity index is 992. The van der Waals surface area contributed by atoms with Crippen LogP contribution in [0.2, 0.25) is 0 Å². The number of thiazole rings is 1. The summed E-state index contributed by atoms with van der Waals surface area (Å²) in [5.74, 6) is 0.0135. The molecule has 0 aliphatic heterocycles. The zero-order valence-corrected chi connectivity index (χ0v) is 20.2. The maximum Gasteiger partial charge on any atom is 0.260 e. The fourth-order valence-corrected chi connectivity index (χ4v) is 4.73. The van der Waals surface area contributed by atoms with Gasteiger partial charge in [0.15, 0.2) is 5.13 Å². The van der Waals surface area contributed by atoms with Gasteiger partial charge in [0.1, 0.15) is 0 Å². The average Bonchev–Trinajstić information content (AvgIpc) is 3.20. The van der Waals surface area contributed by atoms with Gasteiger partial charge < -0.3 is 9.80 Å². The molecule has 0 saturated carbocycles. The van der Waals surface area contributed by atoms with Crippen LogP contribution >= 0.6 is 11.3 Å². The second kappa shape index (κ2) is 10.7. The van der Waals surface area contributed by atoms with Crippen LogP contribution in [0.4, 0.5) is 10.8 Å². The smallest absolute Gasteiger partial charge is 0.260 e. The first-order chi connectivity index (χ1) is 15.0. The molecule has 31 heavy (non-hydrogen) atoms. The van der Waals surface area contributed by atoms with Crippen molar-refractivity contribution in [3.05, 3.63) is 53.6 Å². The second-order valence-corrected chi connectivity index (χ2v) is 8.99. The molecule has 0 saturated heterocycles. The Hall–Kier alpha value is -2.44. The van der Waals surface area contributed by atoms with Gasteiger partial charge >= 0.3 is 0 Å². The molecular weight excluding hydrogens is 404 g/mol. The molecule has 0 fully saturated rings. The van der Waals surface area contributed by atoms with Crippen LogP contribution in [0.1, 0.15) is 43.1 Å². The molecule has 0 N–H and O–H groups in total. The standard InChI is InChI=1S/C25H34N4OS/c1-6-19-10-15-22-23(18-19)31-25(26-22)29(17-9-16-27(4)5)24(30)20-11-13-21(14-12-20)28(7-2)8-3/h10-15,18H,6-9,16-17H2,1-5H3. The number of carbonyl (C=O) groups excluding carboxylic acids is 1. The van der Waals surface area contributed by atoms with E-state index in [0.717, 1.165) is 53.5 Å². The summed E-state index contributed by atoms with van der Waals surface area (Å²) in [7, 11) is 4.12. The van der Waals surface area contributed by atoms with Crippen molar-refractivity contribution < 1.29 is 4.79 Å². The van der Waals surface area contributed by atoms with Crippen LogP contribution < -0.4 is 9.80 Å². The number of anilines is 2. The molecule has 0 spiro atoms. The van der Waals surface area contributed by atoms with E-state index >= 15 is 0 Å². The van der Waals surface area contributed by atoms with E-state index in [1.165, 1.54) is 5.56 Å². The minimum atomic E-state index is 0.0135. The van der Waals surface area contributed by atoms with Crippen LogP contribution in [-0.2, 0) is 6.42 Å². The number of hydrogen-bond donors (Lipinski definition) is 0. The zero-order valence-electron chi connectivity index (χ0n) is 19.4. The molecule has 0 aliphatic carbocycles. The molecule has 1 aromatic heterocycles. The van der Waals surface area contributed by atoms with E-state index in [2.05, 4.69) is 62.9 Å². The van der Waals surface area contributed by atoms with Gasteiger partial charge in [-0.25, -0.2) is 4.98 Å². The van der Waals surface area contributed by atoms with Crippen molar-refractivity contribution >= 4 is 38.3 Å². The Morgan fingerprint density at radius 1 is 0.968 bits per heavy atom. The topological polar surface area (TPSA) is 39.7 Å². The average molecular weight is 439 g/mol. The minimum Gasteiger partial charge on any atom is -0.372 e. The number of amides is 1. The Balaban J connectivity index is 1.90. The van der Waals surface area contributed by atoms with E-state index in [9.17, 15) is 4.79 Å². The molecule has 1 heterocycles. The quantitative estimate of drug-likeness (QED) is 0.430. The first-order valence-electron chi connectivity index (χ1n) is 11.2. The van der Waals surface area contributed by atoms with Crippen LogP contribution in [0.25, 0.3) is 10.2 Å². The fraction of sp³-hybridized carbons (Fsp3) is 0.440. The van der Waals surface area contributed by atoms with Crippen molar-refractivity contribution in [2.45, 2.75) is 33.6 Å². The summed E-state index contributed by atoms with van der Waals surface area (Å²) in [6.45, 7) is 9.92. The van der Waals surface area contributed by atoms with Gasteiger partial charge in [0.05, 0.1) is 10.2 Å². The summed E-state index contributed by atoms with van der Waals surface area (Å²) in [6, 6.07) is 14.4. The second-order valence-electron chi connectivity index (χ2n) is 7.98. The molecule has 0 radical (unpaired) electrons. The molecule has 0 unspecified atom stereocenters. The lowest BCUT2D eigenvalue weighted by Crippen LogP contribution is -2.33. The predicted molar refractivity (Wildman–Crippen MR) is 134 cm³/mol. The van der Waals surface area contributed by atoms with E-state index in [-0.39, 0.29) is 5.91 Å². The van der Waals surface area contributed by atoms with Gasteiger partial charge in [-0.3, -0.25) is 9.69 Å². The summed E-state index contributed by atoms with van der Waals surface area (Å²) in [5.41, 5.74) is 4.10. The van der Waals surface area contributed by atoms with E-state index in [4.69, 9.17) is 4.98 Å². The highest BCUT2D eigenvalue weighted by atomic mass is 32.1. The third-order valence-corrected chi connectivity index (χ3v) is 6.60. The van der Waals surface area contributed by atoms with Gasteiger partial charge in [-0.1, -0.05) is 24.3 Å². The highest BCUT2D eigenvalue weighted by Crippen LogP contribution is 2.31. The van der Waals surface area contributed by atoms with Gasteiger partial charge in [-0.15, -0.1) is 0 Å². The van der Waals surface area contributed by atoms with E-state index < -0.39 is 0 Å². The highest BCUT2D eigenvalue weighted by Gasteiger charge is 2.21. The molecule has 0 aliphatic rings. The van der Waals surface area contributed by atoms with Crippen LogP contribution in [-0.4, -0.2) is 56.1 Å². The molecule has 3 rings (SSSR count). The number of nitrogens with zero attached hydrogens (tertiary/aromatic N) is 4. The molecule has 2 aromatic carbocycles. The summed E-state index contributed by atoms with van der Waals surface area (Å²) >= 11 is 1.60. The van der Waals surface area contributed by atoms with Crippen molar-refractivity contribution in [2.75, 3.05) is 50.1 Å². The number of hydrogen-bond acceptors (Lipinski definition) is 5. The maximum absolute atomic E-state index is 13.5. The molecule has 0 bridgehead atoms. The monoisotopic (exact) mass is 438 g/mol. The lowest BCUT2D eigenvalue weighted by atomic mass is 10.1. The van der Waals surface area contributed by atoms with Crippen molar-refractivity contribution in [1.29, 1.82) is 0 Å². The molecule has 6 heteroatoms. The number of benzene rings is 2. The summed E-state index contributed by atoms with van der Waals surface area (Å²) in [5, 5.41) is 0.778. The number of aryl methyl sites for hydroxylation is 1. The lowest BCUT2D eigenvalue weighted by Gasteiger charge is -2.23. The predicted octanol–water partition coefficient (Wildman–Crippen LogP) is 5.30. The van der Waals surface area contributed by atoms with Crippen molar-refractivity contribution in [3.63, 3.8) is 0 Å². The van der Waals surface area contributed by atoms with Crippen LogP contribution in [0.5, 0.6) is 0 Å². The minimum absolute atomic E-state index is 0.0135.